The number of ether oxygens (including phenoxy) is 1. The van der Waals surface area contributed by atoms with Crippen molar-refractivity contribution in [3.05, 3.63) is 0 Å². The Labute approximate surface area is 142 Å². The highest BCUT2D eigenvalue weighted by Crippen LogP contribution is 2.02. The Balaban J connectivity index is 0. The Morgan fingerprint density at radius 1 is 1.15 bits per heavy atom. The van der Waals surface area contributed by atoms with E-state index >= 15 is 0 Å². The molecule has 2 N–H and O–H groups in total. The molecule has 0 heterocycles. The van der Waals surface area contributed by atoms with Crippen LogP contribution in [0.4, 0.5) is 0 Å². The third kappa shape index (κ3) is 14.4. The second-order valence-corrected chi connectivity index (χ2v) is 4.85. The molecular weight excluding hydrogens is 365 g/mol. The van der Waals surface area contributed by atoms with E-state index in [1.54, 1.807) is 0 Å². The Bertz CT molecular complexity index is 225. The van der Waals surface area contributed by atoms with Crippen molar-refractivity contribution in [2.45, 2.75) is 65.8 Å². The van der Waals surface area contributed by atoms with Gasteiger partial charge in [0.05, 0.1) is 0 Å². The van der Waals surface area contributed by atoms with Crippen LogP contribution in [0.5, 0.6) is 0 Å². The maximum Gasteiger partial charge on any atom is 0.191 e. The molecule has 0 aliphatic carbocycles. The molecular formula is C15H34IN3O. The summed E-state index contributed by atoms with van der Waals surface area (Å²) in [5, 5.41) is 6.76. The highest BCUT2D eigenvalue weighted by molar-refractivity contribution is 14.0. The molecule has 0 radical (unpaired) electrons. The number of unbranched alkanes of at least 4 members (excludes halogenated alkanes) is 2. The average molecular weight is 399 g/mol. The lowest BCUT2D eigenvalue weighted by Gasteiger charge is -2.17. The lowest BCUT2D eigenvalue weighted by molar-refractivity contribution is 0.146. The van der Waals surface area contributed by atoms with Gasteiger partial charge in [0.2, 0.25) is 0 Å². The van der Waals surface area contributed by atoms with Crippen LogP contribution in [0.25, 0.3) is 0 Å². The normalized spacial score (nSPS) is 12.7. The second kappa shape index (κ2) is 17.0. The molecule has 1 atom stereocenters. The van der Waals surface area contributed by atoms with Crippen molar-refractivity contribution in [2.75, 3.05) is 26.3 Å². The van der Waals surface area contributed by atoms with Gasteiger partial charge in [-0.3, -0.25) is 4.99 Å². The monoisotopic (exact) mass is 399 g/mol. The molecule has 0 saturated heterocycles. The summed E-state index contributed by atoms with van der Waals surface area (Å²) in [6.07, 6.45) is 6.06. The van der Waals surface area contributed by atoms with E-state index in [-0.39, 0.29) is 24.0 Å². The predicted molar refractivity (Wildman–Crippen MR) is 99.2 cm³/mol. The Hall–Kier alpha value is -0.0400. The van der Waals surface area contributed by atoms with E-state index in [2.05, 4.69) is 36.4 Å². The Kier molecular flexibility index (Phi) is 18.9. The van der Waals surface area contributed by atoms with Crippen LogP contribution in [0.15, 0.2) is 4.99 Å². The summed E-state index contributed by atoms with van der Waals surface area (Å²) in [7, 11) is 0. The number of guanidine groups is 1. The van der Waals surface area contributed by atoms with E-state index in [9.17, 15) is 0 Å². The Morgan fingerprint density at radius 3 is 2.50 bits per heavy atom. The summed E-state index contributed by atoms with van der Waals surface area (Å²) < 4.78 is 5.31. The fraction of sp³-hybridized carbons (Fsp3) is 0.933. The third-order valence-electron chi connectivity index (χ3n) is 2.89. The van der Waals surface area contributed by atoms with Crippen molar-refractivity contribution in [1.82, 2.24) is 10.6 Å². The summed E-state index contributed by atoms with van der Waals surface area (Å²) in [5.41, 5.74) is 0. The molecule has 4 nitrogen and oxygen atoms in total. The zero-order valence-electron chi connectivity index (χ0n) is 13.7. The zero-order valence-corrected chi connectivity index (χ0v) is 16.0. The van der Waals surface area contributed by atoms with E-state index in [1.807, 2.05) is 6.92 Å². The first-order chi connectivity index (χ1) is 9.24. The number of nitrogens with zero attached hydrogens (tertiary/aromatic N) is 1. The molecule has 5 heteroatoms. The molecule has 0 saturated carbocycles. The maximum atomic E-state index is 5.31. The van der Waals surface area contributed by atoms with E-state index in [1.165, 1.54) is 25.7 Å². The lowest BCUT2D eigenvalue weighted by Crippen LogP contribution is -2.42. The quantitative estimate of drug-likeness (QED) is 0.242. The highest BCUT2D eigenvalue weighted by Gasteiger charge is 2.04. The van der Waals surface area contributed by atoms with Gasteiger partial charge in [-0.25, -0.2) is 0 Å². The Morgan fingerprint density at radius 2 is 1.90 bits per heavy atom. The minimum Gasteiger partial charge on any atom is -0.382 e. The van der Waals surface area contributed by atoms with Gasteiger partial charge < -0.3 is 15.4 Å². The molecule has 0 aromatic carbocycles. The predicted octanol–water partition coefficient (Wildman–Crippen LogP) is 3.55. The highest BCUT2D eigenvalue weighted by atomic mass is 127. The van der Waals surface area contributed by atoms with Gasteiger partial charge in [-0.15, -0.1) is 24.0 Å². The number of hydrogen-bond donors (Lipinski definition) is 2. The van der Waals surface area contributed by atoms with Crippen LogP contribution in [-0.2, 0) is 4.74 Å². The minimum absolute atomic E-state index is 0. The first-order valence-corrected chi connectivity index (χ1v) is 7.87. The minimum atomic E-state index is 0. The molecule has 0 bridgehead atoms. The van der Waals surface area contributed by atoms with Crippen molar-refractivity contribution in [2.24, 2.45) is 4.99 Å². The molecule has 0 spiro atoms. The SMILES string of the molecule is CCCCCC(C)NC(=NCCCOCC)NCC.I. The summed E-state index contributed by atoms with van der Waals surface area (Å²) in [5.74, 6) is 0.933. The van der Waals surface area contributed by atoms with Crippen molar-refractivity contribution >= 4 is 29.9 Å². The van der Waals surface area contributed by atoms with Gasteiger partial charge in [0.25, 0.3) is 0 Å². The van der Waals surface area contributed by atoms with Gasteiger partial charge in [0.15, 0.2) is 5.96 Å². The maximum absolute atomic E-state index is 5.31. The van der Waals surface area contributed by atoms with Gasteiger partial charge in [0.1, 0.15) is 0 Å². The summed E-state index contributed by atoms with van der Waals surface area (Å²) >= 11 is 0. The van der Waals surface area contributed by atoms with E-state index in [0.717, 1.165) is 38.7 Å². The molecule has 1 unspecified atom stereocenters. The van der Waals surface area contributed by atoms with Gasteiger partial charge in [-0.2, -0.15) is 0 Å². The molecule has 122 valence electrons. The lowest BCUT2D eigenvalue weighted by atomic mass is 10.1. The van der Waals surface area contributed by atoms with E-state index < -0.39 is 0 Å². The fourth-order valence-corrected chi connectivity index (χ4v) is 1.83. The van der Waals surface area contributed by atoms with Crippen LogP contribution in [-0.4, -0.2) is 38.3 Å². The summed E-state index contributed by atoms with van der Waals surface area (Å²) in [6.45, 7) is 11.9. The fourth-order valence-electron chi connectivity index (χ4n) is 1.83. The average Bonchev–Trinajstić information content (AvgIpc) is 2.39. The van der Waals surface area contributed by atoms with Crippen LogP contribution in [0.2, 0.25) is 0 Å². The van der Waals surface area contributed by atoms with Gasteiger partial charge in [0, 0.05) is 32.3 Å². The van der Waals surface area contributed by atoms with Gasteiger partial charge in [-0.1, -0.05) is 26.2 Å². The summed E-state index contributed by atoms with van der Waals surface area (Å²) in [6, 6.07) is 0.483. The van der Waals surface area contributed by atoms with Crippen LogP contribution < -0.4 is 10.6 Å². The number of aliphatic imine (C=N–C) groups is 1. The standard InChI is InChI=1S/C15H33N3O.HI/c1-5-8-9-11-14(4)18-15(16-6-2)17-12-10-13-19-7-3;/h14H,5-13H2,1-4H3,(H2,16,17,18);1H. The molecule has 0 aromatic rings. The van der Waals surface area contributed by atoms with E-state index in [4.69, 9.17) is 4.74 Å². The number of nitrogens with one attached hydrogen (secondary N) is 2. The zero-order chi connectivity index (χ0) is 14.3. The molecule has 0 fully saturated rings. The molecule has 0 aliphatic heterocycles. The number of hydrogen-bond acceptors (Lipinski definition) is 2. The first-order valence-electron chi connectivity index (χ1n) is 7.87. The van der Waals surface area contributed by atoms with Gasteiger partial charge >= 0.3 is 0 Å². The largest absolute Gasteiger partial charge is 0.382 e. The van der Waals surface area contributed by atoms with Crippen molar-refractivity contribution in [3.8, 4) is 0 Å². The van der Waals surface area contributed by atoms with Crippen molar-refractivity contribution < 1.29 is 4.74 Å². The van der Waals surface area contributed by atoms with Crippen LogP contribution >= 0.6 is 24.0 Å². The molecule has 0 amide bonds. The first kappa shape index (κ1) is 22.2. The van der Waals surface area contributed by atoms with Crippen LogP contribution in [0, 0.1) is 0 Å². The second-order valence-electron chi connectivity index (χ2n) is 4.85. The van der Waals surface area contributed by atoms with Gasteiger partial charge in [-0.05, 0) is 33.6 Å². The van der Waals surface area contributed by atoms with Crippen LogP contribution in [0.3, 0.4) is 0 Å². The summed E-state index contributed by atoms with van der Waals surface area (Å²) in [4.78, 5) is 4.57. The molecule has 0 aliphatic rings. The van der Waals surface area contributed by atoms with E-state index in [0.29, 0.717) is 6.04 Å². The number of rotatable bonds is 11. The van der Waals surface area contributed by atoms with Crippen LogP contribution in [0.1, 0.15) is 59.8 Å². The smallest absolute Gasteiger partial charge is 0.191 e. The third-order valence-corrected chi connectivity index (χ3v) is 2.89. The molecule has 0 rings (SSSR count). The van der Waals surface area contributed by atoms with Crippen molar-refractivity contribution in [1.29, 1.82) is 0 Å². The number of halogens is 1. The molecule has 20 heavy (non-hydrogen) atoms. The van der Waals surface area contributed by atoms with Crippen molar-refractivity contribution in [3.63, 3.8) is 0 Å². The topological polar surface area (TPSA) is 45.7 Å². The molecule has 0 aromatic heterocycles.